The van der Waals surface area contributed by atoms with Gasteiger partial charge in [-0.2, -0.15) is 5.26 Å². The van der Waals surface area contributed by atoms with Gasteiger partial charge in [0, 0.05) is 13.2 Å². The molecule has 1 atom stereocenters. The molecule has 0 radical (unpaired) electrons. The third kappa shape index (κ3) is 3.10. The Morgan fingerprint density at radius 3 is 2.85 bits per heavy atom. The lowest BCUT2D eigenvalue weighted by Gasteiger charge is -2.26. The van der Waals surface area contributed by atoms with Crippen LogP contribution < -0.4 is 10.1 Å². The van der Waals surface area contributed by atoms with E-state index in [4.69, 9.17) is 4.74 Å². The van der Waals surface area contributed by atoms with Gasteiger partial charge in [0.1, 0.15) is 11.6 Å². The van der Waals surface area contributed by atoms with Crippen LogP contribution in [0.1, 0.15) is 42.5 Å². The minimum Gasteiger partial charge on any atom is -0.479 e. The Balaban J connectivity index is 2.07. The van der Waals surface area contributed by atoms with E-state index in [1.165, 1.54) is 18.2 Å². The molecular weight excluding hydrogens is 256 g/mol. The van der Waals surface area contributed by atoms with Crippen molar-refractivity contribution in [2.75, 3.05) is 7.11 Å². The highest BCUT2D eigenvalue weighted by Gasteiger charge is 2.27. The number of aryl methyl sites for hydroxylation is 1. The molecule has 6 nitrogen and oxygen atoms in total. The van der Waals surface area contributed by atoms with Crippen molar-refractivity contribution in [2.24, 2.45) is 13.0 Å². The third-order valence-electron chi connectivity index (χ3n) is 3.78. The Bertz CT molecular complexity index is 512. The van der Waals surface area contributed by atoms with Gasteiger partial charge in [0.25, 0.3) is 5.91 Å². The Labute approximate surface area is 118 Å². The number of nitrogens with zero attached hydrogens (tertiary/aromatic N) is 3. The van der Waals surface area contributed by atoms with Crippen LogP contribution in [0.2, 0.25) is 0 Å². The maximum Gasteiger partial charge on any atom is 0.259 e. The second-order valence-electron chi connectivity index (χ2n) is 5.20. The molecule has 1 fully saturated rings. The van der Waals surface area contributed by atoms with E-state index >= 15 is 0 Å². The summed E-state index contributed by atoms with van der Waals surface area (Å²) in [5.74, 6) is 0.234. The fourth-order valence-corrected chi connectivity index (χ4v) is 2.72. The van der Waals surface area contributed by atoms with Crippen molar-refractivity contribution in [3.63, 3.8) is 0 Å². The number of rotatable bonds is 4. The first kappa shape index (κ1) is 14.4. The minimum atomic E-state index is -0.437. The highest BCUT2D eigenvalue weighted by molar-refractivity contribution is 5.96. The number of hydrogen-bond acceptors (Lipinski definition) is 4. The lowest BCUT2D eigenvalue weighted by Crippen LogP contribution is -2.40. The molecule has 1 unspecified atom stereocenters. The lowest BCUT2D eigenvalue weighted by molar-refractivity contribution is 0.0926. The largest absolute Gasteiger partial charge is 0.479 e. The summed E-state index contributed by atoms with van der Waals surface area (Å²) in [6.07, 6.45) is 7.09. The molecule has 1 aliphatic rings. The van der Waals surface area contributed by atoms with Crippen molar-refractivity contribution in [3.8, 4) is 11.9 Å². The molecule has 2 rings (SSSR count). The number of nitrogens with one attached hydrogen (secondary N) is 1. The molecule has 20 heavy (non-hydrogen) atoms. The number of aromatic nitrogens is 2. The summed E-state index contributed by atoms with van der Waals surface area (Å²) in [6, 6.07) is 1.78. The highest BCUT2D eigenvalue weighted by atomic mass is 16.5. The standard InChI is InChI=1S/C14H20N4O2/c1-18-9-11(14(17-18)20-2)13(19)16-12(8-15)10-6-4-3-5-7-10/h9-10,12H,3-7H2,1-2H3,(H,16,19). The van der Waals surface area contributed by atoms with Crippen molar-refractivity contribution < 1.29 is 9.53 Å². The van der Waals surface area contributed by atoms with Gasteiger partial charge in [-0.3, -0.25) is 9.48 Å². The van der Waals surface area contributed by atoms with Crippen molar-refractivity contribution in [2.45, 2.75) is 38.1 Å². The van der Waals surface area contributed by atoms with Crippen LogP contribution in [-0.2, 0) is 7.05 Å². The van der Waals surface area contributed by atoms with E-state index in [1.807, 2.05) is 0 Å². The molecule has 1 aromatic heterocycles. The van der Waals surface area contributed by atoms with E-state index in [0.717, 1.165) is 25.7 Å². The van der Waals surface area contributed by atoms with Gasteiger partial charge in [-0.1, -0.05) is 19.3 Å². The van der Waals surface area contributed by atoms with E-state index in [2.05, 4.69) is 16.5 Å². The summed E-state index contributed by atoms with van der Waals surface area (Å²) in [5.41, 5.74) is 0.367. The first-order valence-corrected chi connectivity index (χ1v) is 6.93. The average molecular weight is 276 g/mol. The Morgan fingerprint density at radius 1 is 1.55 bits per heavy atom. The Kier molecular flexibility index (Phi) is 4.61. The molecule has 1 heterocycles. The maximum atomic E-state index is 12.3. The number of amides is 1. The maximum absolute atomic E-state index is 12.3. The number of ether oxygens (including phenoxy) is 1. The molecule has 0 spiro atoms. The molecule has 0 saturated heterocycles. The van der Waals surface area contributed by atoms with Gasteiger partial charge in [0.15, 0.2) is 0 Å². The monoisotopic (exact) mass is 276 g/mol. The second-order valence-corrected chi connectivity index (χ2v) is 5.20. The molecule has 1 N–H and O–H groups in total. The molecule has 1 amide bonds. The van der Waals surface area contributed by atoms with Gasteiger partial charge >= 0.3 is 0 Å². The SMILES string of the molecule is COc1nn(C)cc1C(=O)NC(C#N)C1CCCCC1. The number of hydrogen-bond donors (Lipinski definition) is 1. The predicted molar refractivity (Wildman–Crippen MR) is 73.2 cm³/mol. The number of methoxy groups -OCH3 is 1. The van der Waals surface area contributed by atoms with E-state index in [1.54, 1.807) is 13.2 Å². The van der Waals surface area contributed by atoms with Crippen LogP contribution in [0.3, 0.4) is 0 Å². The topological polar surface area (TPSA) is 79.9 Å². The molecule has 1 aromatic rings. The molecule has 0 aliphatic heterocycles. The fraction of sp³-hybridized carbons (Fsp3) is 0.643. The summed E-state index contributed by atoms with van der Waals surface area (Å²) in [5, 5.41) is 16.1. The van der Waals surface area contributed by atoms with Crippen LogP contribution in [0.4, 0.5) is 0 Å². The van der Waals surface area contributed by atoms with E-state index in [0.29, 0.717) is 5.56 Å². The lowest BCUT2D eigenvalue weighted by atomic mass is 9.84. The highest BCUT2D eigenvalue weighted by Crippen LogP contribution is 2.26. The molecule has 1 aliphatic carbocycles. The van der Waals surface area contributed by atoms with Crippen LogP contribution in [0, 0.1) is 17.2 Å². The van der Waals surface area contributed by atoms with Gasteiger partial charge in [-0.05, 0) is 18.8 Å². The van der Waals surface area contributed by atoms with Gasteiger partial charge < -0.3 is 10.1 Å². The summed E-state index contributed by atoms with van der Waals surface area (Å²) in [7, 11) is 3.20. The molecule has 0 bridgehead atoms. The smallest absolute Gasteiger partial charge is 0.259 e. The summed E-state index contributed by atoms with van der Waals surface area (Å²) >= 11 is 0. The summed E-state index contributed by atoms with van der Waals surface area (Å²) < 4.78 is 6.60. The van der Waals surface area contributed by atoms with Crippen LogP contribution in [0.5, 0.6) is 5.88 Å². The first-order chi connectivity index (χ1) is 9.65. The predicted octanol–water partition coefficient (Wildman–Crippen LogP) is 1.63. The van der Waals surface area contributed by atoms with Crippen LogP contribution in [0.25, 0.3) is 0 Å². The molecule has 0 aromatic carbocycles. The Morgan fingerprint density at radius 2 is 2.25 bits per heavy atom. The zero-order valence-corrected chi connectivity index (χ0v) is 11.9. The molecule has 1 saturated carbocycles. The number of carbonyl (C=O) groups is 1. The summed E-state index contributed by atoms with van der Waals surface area (Å²) in [6.45, 7) is 0. The van der Waals surface area contributed by atoms with Crippen molar-refractivity contribution in [1.82, 2.24) is 15.1 Å². The zero-order chi connectivity index (χ0) is 14.5. The van der Waals surface area contributed by atoms with Crippen LogP contribution >= 0.6 is 0 Å². The van der Waals surface area contributed by atoms with Crippen molar-refractivity contribution >= 4 is 5.91 Å². The van der Waals surface area contributed by atoms with Crippen molar-refractivity contribution in [1.29, 1.82) is 5.26 Å². The fourth-order valence-electron chi connectivity index (χ4n) is 2.72. The molecule has 108 valence electrons. The van der Waals surface area contributed by atoms with E-state index in [9.17, 15) is 10.1 Å². The van der Waals surface area contributed by atoms with Gasteiger partial charge in [-0.15, -0.1) is 5.10 Å². The van der Waals surface area contributed by atoms with Crippen molar-refractivity contribution in [3.05, 3.63) is 11.8 Å². The van der Waals surface area contributed by atoms with E-state index in [-0.39, 0.29) is 17.7 Å². The normalized spacial score (nSPS) is 17.2. The van der Waals surface area contributed by atoms with Gasteiger partial charge in [0.05, 0.1) is 13.2 Å². The quantitative estimate of drug-likeness (QED) is 0.906. The summed E-state index contributed by atoms with van der Waals surface area (Å²) in [4.78, 5) is 12.3. The van der Waals surface area contributed by atoms with E-state index < -0.39 is 6.04 Å². The number of carbonyl (C=O) groups excluding carboxylic acids is 1. The number of nitriles is 1. The van der Waals surface area contributed by atoms with Crippen LogP contribution in [0.15, 0.2) is 6.20 Å². The average Bonchev–Trinajstić information content (AvgIpc) is 2.86. The third-order valence-corrected chi connectivity index (χ3v) is 3.78. The minimum absolute atomic E-state index is 0.250. The van der Waals surface area contributed by atoms with Gasteiger partial charge in [0.2, 0.25) is 5.88 Å². The molecular formula is C14H20N4O2. The second kappa shape index (κ2) is 6.42. The zero-order valence-electron chi connectivity index (χ0n) is 11.9. The molecule has 6 heteroatoms. The van der Waals surface area contributed by atoms with Crippen LogP contribution in [-0.4, -0.2) is 28.8 Å². The van der Waals surface area contributed by atoms with Gasteiger partial charge in [-0.25, -0.2) is 0 Å². The Hall–Kier alpha value is -2.03. The first-order valence-electron chi connectivity index (χ1n) is 6.93.